The van der Waals surface area contributed by atoms with Crippen LogP contribution in [0, 0.1) is 10.1 Å². The Morgan fingerprint density at radius 1 is 1.11 bits per heavy atom. The van der Waals surface area contributed by atoms with E-state index in [1.54, 1.807) is 24.3 Å². The molecule has 0 atom stereocenters. The average Bonchev–Trinajstić information content (AvgIpc) is 2.71. The SMILES string of the molecule is CCC(CC)NC(=O)COC(=O)c1ccc(Nc2ccccc2)c([N+](=O)[O-])c1. The van der Waals surface area contributed by atoms with Gasteiger partial charge in [0.15, 0.2) is 6.61 Å². The predicted molar refractivity (Wildman–Crippen MR) is 106 cm³/mol. The first-order valence-electron chi connectivity index (χ1n) is 9.01. The van der Waals surface area contributed by atoms with Crippen molar-refractivity contribution in [1.82, 2.24) is 5.32 Å². The fourth-order valence-corrected chi connectivity index (χ4v) is 2.57. The summed E-state index contributed by atoms with van der Waals surface area (Å²) in [4.78, 5) is 34.8. The Bertz CT molecular complexity index is 835. The summed E-state index contributed by atoms with van der Waals surface area (Å²) in [6.45, 7) is 3.46. The first-order valence-corrected chi connectivity index (χ1v) is 9.01. The molecule has 148 valence electrons. The van der Waals surface area contributed by atoms with Gasteiger partial charge in [0.2, 0.25) is 0 Å². The van der Waals surface area contributed by atoms with Crippen LogP contribution < -0.4 is 10.6 Å². The van der Waals surface area contributed by atoms with E-state index >= 15 is 0 Å². The highest BCUT2D eigenvalue weighted by atomic mass is 16.6. The topological polar surface area (TPSA) is 111 Å². The first-order chi connectivity index (χ1) is 13.4. The van der Waals surface area contributed by atoms with Crippen LogP contribution in [-0.2, 0) is 9.53 Å². The Hall–Kier alpha value is -3.42. The second-order valence-electron chi connectivity index (χ2n) is 6.14. The van der Waals surface area contributed by atoms with Crippen molar-refractivity contribution in [2.75, 3.05) is 11.9 Å². The molecule has 0 spiro atoms. The number of nitrogens with zero attached hydrogens (tertiary/aromatic N) is 1. The van der Waals surface area contributed by atoms with Crippen LogP contribution in [0.1, 0.15) is 37.0 Å². The number of anilines is 2. The van der Waals surface area contributed by atoms with Gasteiger partial charge in [0, 0.05) is 17.8 Å². The lowest BCUT2D eigenvalue weighted by atomic mass is 10.1. The summed E-state index contributed by atoms with van der Waals surface area (Å²) in [5.41, 5.74) is 0.665. The van der Waals surface area contributed by atoms with Crippen molar-refractivity contribution < 1.29 is 19.2 Å². The molecule has 0 aromatic heterocycles. The number of nitrogens with one attached hydrogen (secondary N) is 2. The van der Waals surface area contributed by atoms with Crippen molar-refractivity contribution in [3.63, 3.8) is 0 Å². The number of esters is 1. The molecule has 0 aliphatic rings. The van der Waals surface area contributed by atoms with Crippen molar-refractivity contribution in [3.05, 3.63) is 64.2 Å². The summed E-state index contributed by atoms with van der Waals surface area (Å²) >= 11 is 0. The molecule has 0 unspecified atom stereocenters. The zero-order valence-electron chi connectivity index (χ0n) is 15.8. The molecule has 2 aromatic rings. The monoisotopic (exact) mass is 385 g/mol. The smallest absolute Gasteiger partial charge is 0.338 e. The zero-order valence-corrected chi connectivity index (χ0v) is 15.8. The Morgan fingerprint density at radius 2 is 1.79 bits per heavy atom. The summed E-state index contributed by atoms with van der Waals surface area (Å²) in [6.07, 6.45) is 1.55. The Balaban J connectivity index is 2.07. The standard InChI is InChI=1S/C20H23N3O5/c1-3-15(4-2)22-19(24)13-28-20(25)14-10-11-17(18(12-14)23(26)27)21-16-8-6-5-7-9-16/h5-12,15,21H,3-4,13H2,1-2H3,(H,22,24). The molecule has 2 N–H and O–H groups in total. The molecular weight excluding hydrogens is 362 g/mol. The van der Waals surface area contributed by atoms with E-state index < -0.39 is 23.4 Å². The molecule has 0 aliphatic carbocycles. The third-order valence-electron chi connectivity index (χ3n) is 4.17. The summed E-state index contributed by atoms with van der Waals surface area (Å²) in [7, 11) is 0. The number of hydrogen-bond donors (Lipinski definition) is 2. The third-order valence-corrected chi connectivity index (χ3v) is 4.17. The fraction of sp³-hybridized carbons (Fsp3) is 0.300. The lowest BCUT2D eigenvalue weighted by Crippen LogP contribution is -2.36. The van der Waals surface area contributed by atoms with Crippen LogP contribution in [0.2, 0.25) is 0 Å². The van der Waals surface area contributed by atoms with Gasteiger partial charge >= 0.3 is 5.97 Å². The molecule has 8 nitrogen and oxygen atoms in total. The molecule has 1 amide bonds. The van der Waals surface area contributed by atoms with Crippen LogP contribution in [-0.4, -0.2) is 29.4 Å². The van der Waals surface area contributed by atoms with E-state index in [1.807, 2.05) is 19.9 Å². The molecule has 0 radical (unpaired) electrons. The van der Waals surface area contributed by atoms with E-state index in [0.717, 1.165) is 18.9 Å². The van der Waals surface area contributed by atoms with Gasteiger partial charge in [0.1, 0.15) is 5.69 Å². The molecular formula is C20H23N3O5. The third kappa shape index (κ3) is 5.80. The normalized spacial score (nSPS) is 10.4. The maximum atomic E-state index is 12.2. The number of carbonyl (C=O) groups excluding carboxylic acids is 2. The molecule has 2 aromatic carbocycles. The van der Waals surface area contributed by atoms with Gasteiger partial charge in [-0.05, 0) is 37.1 Å². The number of nitro benzene ring substituents is 1. The minimum absolute atomic E-state index is 0.000597. The number of para-hydroxylation sites is 1. The van der Waals surface area contributed by atoms with Crippen molar-refractivity contribution in [3.8, 4) is 0 Å². The summed E-state index contributed by atoms with van der Waals surface area (Å²) in [5.74, 6) is -1.20. The molecule has 2 rings (SSSR count). The molecule has 0 fully saturated rings. The summed E-state index contributed by atoms with van der Waals surface area (Å²) < 4.78 is 4.98. The molecule has 28 heavy (non-hydrogen) atoms. The lowest BCUT2D eigenvalue weighted by molar-refractivity contribution is -0.383. The van der Waals surface area contributed by atoms with E-state index in [2.05, 4.69) is 10.6 Å². The molecule has 0 saturated carbocycles. The Labute approximate surface area is 163 Å². The Morgan fingerprint density at radius 3 is 2.39 bits per heavy atom. The first kappa shape index (κ1) is 20.9. The minimum atomic E-state index is -0.797. The van der Waals surface area contributed by atoms with Crippen molar-refractivity contribution >= 4 is 28.9 Å². The minimum Gasteiger partial charge on any atom is -0.452 e. The van der Waals surface area contributed by atoms with Gasteiger partial charge in [0.05, 0.1) is 10.5 Å². The summed E-state index contributed by atoms with van der Waals surface area (Å²) in [5, 5.41) is 17.1. The lowest BCUT2D eigenvalue weighted by Gasteiger charge is -2.14. The highest BCUT2D eigenvalue weighted by Crippen LogP contribution is 2.28. The fourth-order valence-electron chi connectivity index (χ4n) is 2.57. The van der Waals surface area contributed by atoms with Crippen LogP contribution in [0.3, 0.4) is 0 Å². The highest BCUT2D eigenvalue weighted by Gasteiger charge is 2.19. The van der Waals surface area contributed by atoms with Crippen LogP contribution in [0.4, 0.5) is 17.1 Å². The number of benzene rings is 2. The van der Waals surface area contributed by atoms with Crippen LogP contribution >= 0.6 is 0 Å². The number of rotatable bonds is 9. The molecule has 0 aliphatic heterocycles. The van der Waals surface area contributed by atoms with E-state index in [4.69, 9.17) is 4.74 Å². The number of hydrogen-bond acceptors (Lipinski definition) is 6. The van der Waals surface area contributed by atoms with Gasteiger partial charge < -0.3 is 15.4 Å². The predicted octanol–water partition coefficient (Wildman–Crippen LogP) is 3.80. The Kier molecular flexibility index (Phi) is 7.50. The molecule has 0 saturated heterocycles. The van der Waals surface area contributed by atoms with E-state index in [1.165, 1.54) is 12.1 Å². The second-order valence-corrected chi connectivity index (χ2v) is 6.14. The number of carbonyl (C=O) groups is 2. The number of nitro groups is 1. The van der Waals surface area contributed by atoms with Gasteiger partial charge in [-0.15, -0.1) is 0 Å². The van der Waals surface area contributed by atoms with E-state index in [0.29, 0.717) is 5.69 Å². The average molecular weight is 385 g/mol. The van der Waals surface area contributed by atoms with Crippen molar-refractivity contribution in [2.45, 2.75) is 32.7 Å². The van der Waals surface area contributed by atoms with Gasteiger partial charge in [-0.1, -0.05) is 32.0 Å². The van der Waals surface area contributed by atoms with Gasteiger partial charge in [-0.25, -0.2) is 4.79 Å². The van der Waals surface area contributed by atoms with Gasteiger partial charge in [0.25, 0.3) is 11.6 Å². The molecule has 0 heterocycles. The maximum Gasteiger partial charge on any atom is 0.338 e. The summed E-state index contributed by atoms with van der Waals surface area (Å²) in [6, 6.07) is 13.0. The van der Waals surface area contributed by atoms with E-state index in [9.17, 15) is 19.7 Å². The quantitative estimate of drug-likeness (QED) is 0.386. The molecule has 8 heteroatoms. The number of amides is 1. The number of ether oxygens (including phenoxy) is 1. The van der Waals surface area contributed by atoms with Crippen LogP contribution in [0.25, 0.3) is 0 Å². The molecule has 0 bridgehead atoms. The van der Waals surface area contributed by atoms with Crippen molar-refractivity contribution in [1.29, 1.82) is 0 Å². The van der Waals surface area contributed by atoms with E-state index in [-0.39, 0.29) is 23.0 Å². The van der Waals surface area contributed by atoms with Crippen LogP contribution in [0.15, 0.2) is 48.5 Å². The highest BCUT2D eigenvalue weighted by molar-refractivity contribution is 5.93. The van der Waals surface area contributed by atoms with Crippen molar-refractivity contribution in [2.24, 2.45) is 0 Å². The van der Waals surface area contributed by atoms with Crippen LogP contribution in [0.5, 0.6) is 0 Å². The van der Waals surface area contributed by atoms with Gasteiger partial charge in [-0.2, -0.15) is 0 Å². The largest absolute Gasteiger partial charge is 0.452 e. The van der Waals surface area contributed by atoms with Gasteiger partial charge in [-0.3, -0.25) is 14.9 Å². The zero-order chi connectivity index (χ0) is 20.5. The second kappa shape index (κ2) is 10.1. The maximum absolute atomic E-state index is 12.2.